The molecule has 4 aliphatic rings. The van der Waals surface area contributed by atoms with Crippen molar-refractivity contribution in [1.82, 2.24) is 0 Å². The Hall–Kier alpha value is -1.27. The van der Waals surface area contributed by atoms with E-state index in [0.717, 1.165) is 6.42 Å². The van der Waals surface area contributed by atoms with Crippen LogP contribution in [0, 0.1) is 11.3 Å². The molecule has 0 N–H and O–H groups in total. The molecule has 0 aromatic heterocycles. The standard InChI is InChI=1S/C25H25.C11H17.C3H6.2ClH.Zr/c1-14-12-24(3,4)22-8-16-7-17-9-23-19(15(2)13-25(23,5)6)11-21(17)20(16)10-18(14)22;1-5-9-6-7-10(8-9)11(2,3)4;1-3-2;;;/h8-12H,7H2,1-6H3;7-9H,5H2,1-4H3;1-2H3;2*1H;/q;;;;;+2/p-2. The van der Waals surface area contributed by atoms with E-state index in [2.05, 4.69) is 126 Å². The summed E-state index contributed by atoms with van der Waals surface area (Å²) in [5, 5.41) is 0. The van der Waals surface area contributed by atoms with Crippen molar-refractivity contribution < 1.29 is 46.1 Å². The summed E-state index contributed by atoms with van der Waals surface area (Å²) in [6.45, 7) is 29.0. The maximum Gasteiger partial charge on any atom is -1.00 e. The Morgan fingerprint density at radius 1 is 0.857 bits per heavy atom. The number of hydrogen-bond acceptors (Lipinski definition) is 0. The van der Waals surface area contributed by atoms with E-state index in [0.29, 0.717) is 5.92 Å². The van der Waals surface area contributed by atoms with Crippen LogP contribution in [0.4, 0.5) is 0 Å². The van der Waals surface area contributed by atoms with Crippen molar-refractivity contribution >= 4 is 14.4 Å². The molecule has 42 heavy (non-hydrogen) atoms. The first kappa shape index (κ1) is 33.6. The molecule has 6 rings (SSSR count). The van der Waals surface area contributed by atoms with Crippen molar-refractivity contribution in [1.29, 1.82) is 0 Å². The zero-order valence-corrected chi connectivity index (χ0v) is 31.8. The fourth-order valence-corrected chi connectivity index (χ4v) is 17.1. The molecule has 0 heterocycles. The molecule has 0 saturated heterocycles. The second-order valence-electron chi connectivity index (χ2n) is 15.3. The maximum atomic E-state index is 2.66. The first-order chi connectivity index (χ1) is 18.6. The summed E-state index contributed by atoms with van der Waals surface area (Å²) in [6, 6.07) is 10.3. The van der Waals surface area contributed by atoms with Crippen LogP contribution >= 0.6 is 0 Å². The SMILES string of the molecule is CCC1C=C(C(C)(C)C)C=[C]1[Zr+2]([C]1=C(C)c2cc3c(cc2C1(C)C)Cc1cc2c(cc1-3)C(C)=CC2(C)C)=[C](C)C.[Cl-].[Cl-]. The van der Waals surface area contributed by atoms with Crippen LogP contribution in [-0.2, 0) is 38.5 Å². The number of allylic oxidation sites excluding steroid dienone is 8. The third-order valence-electron chi connectivity index (χ3n) is 10.4. The van der Waals surface area contributed by atoms with Gasteiger partial charge in [-0.3, -0.25) is 0 Å². The molecule has 1 atom stereocenters. The second kappa shape index (κ2) is 11.0. The Balaban J connectivity index is 0.00000202. The van der Waals surface area contributed by atoms with Gasteiger partial charge in [0.15, 0.2) is 0 Å². The molecule has 0 aliphatic heterocycles. The van der Waals surface area contributed by atoms with Crippen molar-refractivity contribution in [2.45, 2.75) is 107 Å². The number of fused-ring (bicyclic) bond motifs is 5. The third-order valence-corrected chi connectivity index (χ3v) is 19.2. The van der Waals surface area contributed by atoms with Gasteiger partial charge >= 0.3 is 253 Å². The van der Waals surface area contributed by atoms with E-state index in [1.54, 1.807) is 19.9 Å². The van der Waals surface area contributed by atoms with Crippen LogP contribution in [0.3, 0.4) is 0 Å². The summed E-state index contributed by atoms with van der Waals surface area (Å²) in [5.74, 6) is 0.609. The van der Waals surface area contributed by atoms with Crippen molar-refractivity contribution in [3.05, 3.63) is 88.0 Å². The van der Waals surface area contributed by atoms with Crippen LogP contribution in [0.25, 0.3) is 22.3 Å². The zero-order chi connectivity index (χ0) is 29.1. The van der Waals surface area contributed by atoms with Crippen LogP contribution in [-0.4, -0.2) is 3.21 Å². The van der Waals surface area contributed by atoms with Crippen molar-refractivity contribution in [2.75, 3.05) is 0 Å². The van der Waals surface area contributed by atoms with Gasteiger partial charge in [0.05, 0.1) is 0 Å². The van der Waals surface area contributed by atoms with Crippen LogP contribution in [0.2, 0.25) is 0 Å². The van der Waals surface area contributed by atoms with Crippen molar-refractivity contribution in [2.24, 2.45) is 11.3 Å². The summed E-state index contributed by atoms with van der Waals surface area (Å²) in [5.41, 5.74) is 17.1. The van der Waals surface area contributed by atoms with Crippen LogP contribution in [0.5, 0.6) is 0 Å². The molecule has 0 saturated carbocycles. The van der Waals surface area contributed by atoms with Crippen molar-refractivity contribution in [3.8, 4) is 11.1 Å². The van der Waals surface area contributed by atoms with Gasteiger partial charge < -0.3 is 24.8 Å². The van der Waals surface area contributed by atoms with Crippen LogP contribution in [0.15, 0.2) is 54.6 Å². The van der Waals surface area contributed by atoms with E-state index in [1.807, 2.05) is 6.56 Å². The van der Waals surface area contributed by atoms with Gasteiger partial charge in [0.1, 0.15) is 0 Å². The monoisotopic (exact) mass is 676 g/mol. The first-order valence-corrected chi connectivity index (χ1v) is 19.1. The van der Waals surface area contributed by atoms with E-state index in [4.69, 9.17) is 0 Å². The van der Waals surface area contributed by atoms with Gasteiger partial charge in [-0.25, -0.2) is 0 Å². The average Bonchev–Trinajstić information content (AvgIpc) is 3.54. The number of rotatable bonds is 3. The van der Waals surface area contributed by atoms with E-state index < -0.39 is 21.3 Å². The van der Waals surface area contributed by atoms with Gasteiger partial charge in [-0.05, 0) is 0 Å². The van der Waals surface area contributed by atoms with E-state index in [9.17, 15) is 0 Å². The Morgan fingerprint density at radius 2 is 1.43 bits per heavy atom. The summed E-state index contributed by atoms with van der Waals surface area (Å²) >= 11 is -2.27. The quantitative estimate of drug-likeness (QED) is 0.377. The topological polar surface area (TPSA) is 0 Å². The Labute approximate surface area is 275 Å². The van der Waals surface area contributed by atoms with Crippen LogP contribution in [0.1, 0.15) is 123 Å². The molecular formula is C39H48Cl2Zr. The van der Waals surface area contributed by atoms with Gasteiger partial charge in [0.25, 0.3) is 0 Å². The minimum absolute atomic E-state index is 0. The van der Waals surface area contributed by atoms with E-state index in [-0.39, 0.29) is 41.1 Å². The minimum atomic E-state index is -2.27. The molecule has 4 aliphatic carbocycles. The van der Waals surface area contributed by atoms with Crippen molar-refractivity contribution in [3.63, 3.8) is 0 Å². The van der Waals surface area contributed by atoms with E-state index in [1.165, 1.54) is 50.9 Å². The van der Waals surface area contributed by atoms with Crippen LogP contribution < -0.4 is 24.8 Å². The zero-order valence-electron chi connectivity index (χ0n) is 27.8. The Bertz CT molecular complexity index is 1660. The third kappa shape index (κ3) is 4.93. The van der Waals surface area contributed by atoms with E-state index >= 15 is 0 Å². The molecule has 2 aromatic rings. The Kier molecular flexibility index (Phi) is 8.78. The molecule has 0 fully saturated rings. The number of benzene rings is 2. The minimum Gasteiger partial charge on any atom is -1.00 e. The second-order valence-corrected chi connectivity index (χ2v) is 22.3. The molecule has 0 amide bonds. The molecule has 0 bridgehead atoms. The maximum absolute atomic E-state index is 2.66. The fraction of sp³-hybridized carbons (Fsp3) is 0.462. The first-order valence-electron chi connectivity index (χ1n) is 15.4. The van der Waals surface area contributed by atoms with Gasteiger partial charge in [0, 0.05) is 0 Å². The number of halogens is 2. The molecule has 0 nitrogen and oxygen atoms in total. The normalized spacial score (nSPS) is 20.3. The summed E-state index contributed by atoms with van der Waals surface area (Å²) in [6.07, 6.45) is 10.0. The van der Waals surface area contributed by atoms with Gasteiger partial charge in [-0.2, -0.15) is 0 Å². The van der Waals surface area contributed by atoms with Gasteiger partial charge in [-0.15, -0.1) is 0 Å². The van der Waals surface area contributed by atoms with Gasteiger partial charge in [-0.1, -0.05) is 0 Å². The summed E-state index contributed by atoms with van der Waals surface area (Å²) < 4.78 is 5.34. The number of hydrogen-bond donors (Lipinski definition) is 0. The molecule has 1 unspecified atom stereocenters. The predicted octanol–water partition coefficient (Wildman–Crippen LogP) is 4.71. The fourth-order valence-electron chi connectivity index (χ4n) is 8.28. The average molecular weight is 679 g/mol. The largest absolute Gasteiger partial charge is 1.00 e. The molecule has 3 heteroatoms. The summed E-state index contributed by atoms with van der Waals surface area (Å²) in [7, 11) is 0. The molecule has 0 spiro atoms. The van der Waals surface area contributed by atoms with Gasteiger partial charge in [0.2, 0.25) is 0 Å². The molecule has 2 aromatic carbocycles. The Morgan fingerprint density at radius 3 is 1.98 bits per heavy atom. The summed E-state index contributed by atoms with van der Waals surface area (Å²) in [4.78, 5) is 0. The molecule has 0 radical (unpaired) electrons. The molecular weight excluding hydrogens is 631 g/mol. The molecule has 222 valence electrons. The smallest absolute Gasteiger partial charge is 1.00 e. The predicted molar refractivity (Wildman–Crippen MR) is 173 cm³/mol.